The molecule has 0 aromatic rings. The first-order valence-electron chi connectivity index (χ1n) is 9.77. The van der Waals surface area contributed by atoms with Gasteiger partial charge in [0.2, 0.25) is 0 Å². The molecule has 1 unspecified atom stereocenters. The molecule has 0 amide bonds. The molecule has 0 radical (unpaired) electrons. The first-order chi connectivity index (χ1) is 11.3. The molecule has 0 spiro atoms. The second kappa shape index (κ2) is 9.59. The van der Waals surface area contributed by atoms with Gasteiger partial charge in [-0.15, -0.1) is 0 Å². The molecule has 0 aliphatic rings. The van der Waals surface area contributed by atoms with E-state index in [1.54, 1.807) is 0 Å². The van der Waals surface area contributed by atoms with E-state index in [2.05, 4.69) is 13.8 Å². The second-order valence-electron chi connectivity index (χ2n) is 9.50. The van der Waals surface area contributed by atoms with Gasteiger partial charge in [-0.1, -0.05) is 55.4 Å². The van der Waals surface area contributed by atoms with Crippen LogP contribution in [-0.2, 0) is 9.59 Å². The molecule has 25 heavy (non-hydrogen) atoms. The van der Waals surface area contributed by atoms with Gasteiger partial charge in [0.05, 0.1) is 10.8 Å². The van der Waals surface area contributed by atoms with Crippen LogP contribution in [0.5, 0.6) is 0 Å². The van der Waals surface area contributed by atoms with Gasteiger partial charge in [0.15, 0.2) is 0 Å². The highest BCUT2D eigenvalue weighted by atomic mass is 16.4. The van der Waals surface area contributed by atoms with E-state index in [9.17, 15) is 19.8 Å². The van der Waals surface area contributed by atoms with Crippen LogP contribution in [0.2, 0.25) is 0 Å². The fraction of sp³-hybridized carbons (Fsp3) is 0.905. The van der Waals surface area contributed by atoms with Gasteiger partial charge in [0.1, 0.15) is 0 Å². The maximum atomic E-state index is 12.6. The van der Waals surface area contributed by atoms with E-state index in [-0.39, 0.29) is 17.8 Å². The molecular weight excluding hydrogens is 316 g/mol. The summed E-state index contributed by atoms with van der Waals surface area (Å²) in [6, 6.07) is 0. The molecule has 4 heteroatoms. The molecule has 2 N–H and O–H groups in total. The van der Waals surface area contributed by atoms with E-state index in [0.717, 1.165) is 6.42 Å². The van der Waals surface area contributed by atoms with Crippen molar-refractivity contribution in [2.45, 2.75) is 87.5 Å². The second-order valence-corrected chi connectivity index (χ2v) is 9.50. The predicted octanol–water partition coefficient (Wildman–Crippen LogP) is 5.70. The number of carboxylic acid groups (broad SMARTS) is 2. The average Bonchev–Trinajstić information content (AvgIpc) is 2.40. The topological polar surface area (TPSA) is 74.6 Å². The molecule has 0 aliphatic carbocycles. The Kier molecular flexibility index (Phi) is 9.18. The van der Waals surface area contributed by atoms with Crippen molar-refractivity contribution in [3.05, 3.63) is 0 Å². The molecule has 0 aromatic carbocycles. The molecule has 1 atom stereocenters. The van der Waals surface area contributed by atoms with E-state index in [0.29, 0.717) is 31.6 Å². The zero-order chi connectivity index (χ0) is 20.0. The smallest absolute Gasteiger partial charge is 0.310 e. The molecule has 0 aliphatic heterocycles. The SMILES string of the molecule is CC(C)CCC(CC(C)C)(C(=O)O)C(CC(C)C)(CC(C)C)C(=O)O. The summed E-state index contributed by atoms with van der Waals surface area (Å²) in [5.41, 5.74) is -2.47. The minimum atomic E-state index is -1.24. The van der Waals surface area contributed by atoms with Gasteiger partial charge in [0.25, 0.3) is 0 Å². The van der Waals surface area contributed by atoms with Gasteiger partial charge in [-0.25, -0.2) is 0 Å². The molecule has 0 heterocycles. The first-order valence-corrected chi connectivity index (χ1v) is 9.77. The van der Waals surface area contributed by atoms with E-state index >= 15 is 0 Å². The van der Waals surface area contributed by atoms with Crippen molar-refractivity contribution in [2.24, 2.45) is 34.5 Å². The Morgan fingerprint density at radius 3 is 1.20 bits per heavy atom. The molecule has 148 valence electrons. The predicted molar refractivity (Wildman–Crippen MR) is 103 cm³/mol. The van der Waals surface area contributed by atoms with Crippen molar-refractivity contribution in [1.29, 1.82) is 0 Å². The van der Waals surface area contributed by atoms with Crippen LogP contribution in [0.15, 0.2) is 0 Å². The fourth-order valence-corrected chi connectivity index (χ4v) is 4.41. The zero-order valence-corrected chi connectivity index (χ0v) is 17.6. The minimum Gasteiger partial charge on any atom is -0.481 e. The lowest BCUT2D eigenvalue weighted by Crippen LogP contribution is -2.54. The van der Waals surface area contributed by atoms with E-state index in [1.807, 2.05) is 41.5 Å². The Hall–Kier alpha value is -1.06. The lowest BCUT2D eigenvalue weighted by molar-refractivity contribution is -0.182. The minimum absolute atomic E-state index is 0.125. The van der Waals surface area contributed by atoms with Crippen LogP contribution in [0.1, 0.15) is 87.5 Å². The van der Waals surface area contributed by atoms with E-state index < -0.39 is 22.8 Å². The summed E-state index contributed by atoms with van der Waals surface area (Å²) >= 11 is 0. The van der Waals surface area contributed by atoms with Crippen LogP contribution >= 0.6 is 0 Å². The largest absolute Gasteiger partial charge is 0.481 e. The van der Waals surface area contributed by atoms with Gasteiger partial charge in [0, 0.05) is 0 Å². The Balaban J connectivity index is 6.52. The molecule has 0 saturated heterocycles. The molecule has 0 bridgehead atoms. The van der Waals surface area contributed by atoms with E-state index in [4.69, 9.17) is 0 Å². The van der Waals surface area contributed by atoms with Crippen LogP contribution in [-0.4, -0.2) is 22.2 Å². The molecule has 0 aromatic heterocycles. The molecular formula is C21H40O4. The third-order valence-electron chi connectivity index (χ3n) is 5.15. The highest BCUT2D eigenvalue weighted by Crippen LogP contribution is 2.55. The summed E-state index contributed by atoms with van der Waals surface area (Å²) in [7, 11) is 0. The number of carbonyl (C=O) groups is 2. The molecule has 0 saturated carbocycles. The highest BCUT2D eigenvalue weighted by molar-refractivity contribution is 5.86. The molecule has 4 nitrogen and oxygen atoms in total. The zero-order valence-electron chi connectivity index (χ0n) is 17.6. The van der Waals surface area contributed by atoms with Crippen LogP contribution in [0.25, 0.3) is 0 Å². The van der Waals surface area contributed by atoms with Crippen LogP contribution in [0, 0.1) is 34.5 Å². The number of carboxylic acids is 2. The highest BCUT2D eigenvalue weighted by Gasteiger charge is 2.60. The van der Waals surface area contributed by atoms with Crippen molar-refractivity contribution < 1.29 is 19.8 Å². The quantitative estimate of drug-likeness (QED) is 0.470. The summed E-state index contributed by atoms with van der Waals surface area (Å²) < 4.78 is 0. The third-order valence-corrected chi connectivity index (χ3v) is 5.15. The average molecular weight is 357 g/mol. The Bertz CT molecular complexity index is 427. The van der Waals surface area contributed by atoms with Crippen molar-refractivity contribution in [1.82, 2.24) is 0 Å². The molecule has 0 rings (SSSR count). The monoisotopic (exact) mass is 356 g/mol. The summed E-state index contributed by atoms with van der Waals surface area (Å²) in [5, 5.41) is 20.7. The maximum absolute atomic E-state index is 12.6. The van der Waals surface area contributed by atoms with Crippen LogP contribution in [0.3, 0.4) is 0 Å². The Morgan fingerprint density at radius 2 is 0.960 bits per heavy atom. The normalized spacial score (nSPS) is 15.2. The van der Waals surface area contributed by atoms with Gasteiger partial charge in [-0.3, -0.25) is 9.59 Å². The van der Waals surface area contributed by atoms with Crippen LogP contribution in [0.4, 0.5) is 0 Å². The standard InChI is InChI=1S/C21H40O4/c1-14(2)9-10-20(18(22)23,11-15(3)4)21(19(24)25,12-16(5)6)13-17(7)8/h14-17H,9-13H2,1-8H3,(H,22,23)(H,24,25). The van der Waals surface area contributed by atoms with E-state index in [1.165, 1.54) is 0 Å². The number of aliphatic carboxylic acids is 2. The van der Waals surface area contributed by atoms with Crippen LogP contribution < -0.4 is 0 Å². The van der Waals surface area contributed by atoms with Gasteiger partial charge in [-0.2, -0.15) is 0 Å². The van der Waals surface area contributed by atoms with Crippen molar-refractivity contribution in [3.63, 3.8) is 0 Å². The van der Waals surface area contributed by atoms with Crippen molar-refractivity contribution in [2.75, 3.05) is 0 Å². The molecule has 0 fully saturated rings. The van der Waals surface area contributed by atoms with Gasteiger partial charge < -0.3 is 10.2 Å². The number of hydrogen-bond donors (Lipinski definition) is 2. The Labute approximate surface area is 154 Å². The summed E-state index contributed by atoms with van der Waals surface area (Å²) in [6.07, 6.45) is 2.35. The van der Waals surface area contributed by atoms with Gasteiger partial charge >= 0.3 is 11.9 Å². The summed E-state index contributed by atoms with van der Waals surface area (Å²) in [5.74, 6) is -1.16. The van der Waals surface area contributed by atoms with Gasteiger partial charge in [-0.05, 0) is 55.8 Å². The van der Waals surface area contributed by atoms with Crippen molar-refractivity contribution >= 4 is 11.9 Å². The third kappa shape index (κ3) is 6.00. The lowest BCUT2D eigenvalue weighted by atomic mass is 9.52. The lowest BCUT2D eigenvalue weighted by Gasteiger charge is -2.48. The fourth-order valence-electron chi connectivity index (χ4n) is 4.41. The maximum Gasteiger partial charge on any atom is 0.310 e. The summed E-state index contributed by atoms with van der Waals surface area (Å²) in [6.45, 7) is 16.1. The number of rotatable bonds is 12. The number of hydrogen-bond acceptors (Lipinski definition) is 2. The Morgan fingerprint density at radius 1 is 0.640 bits per heavy atom. The first kappa shape index (κ1) is 23.9. The van der Waals surface area contributed by atoms with Crippen molar-refractivity contribution in [3.8, 4) is 0 Å². The summed E-state index contributed by atoms with van der Waals surface area (Å²) in [4.78, 5) is 25.2.